The molecule has 2 unspecified atom stereocenters. The van der Waals surface area contributed by atoms with Gasteiger partial charge in [-0.2, -0.15) is 0 Å². The fourth-order valence-corrected chi connectivity index (χ4v) is 1.45. The molecule has 1 aliphatic heterocycles. The molecule has 11 heavy (non-hydrogen) atoms. The van der Waals surface area contributed by atoms with Crippen LogP contribution in [0.5, 0.6) is 0 Å². The third kappa shape index (κ3) is 3.84. The minimum absolute atomic E-state index is 0.647. The molecule has 4 heteroatoms. The molecule has 2 N–H and O–H groups in total. The molecule has 1 rings (SSSR count). The van der Waals surface area contributed by atoms with Crippen LogP contribution in [0.4, 0.5) is 0 Å². The van der Waals surface area contributed by atoms with Crippen molar-refractivity contribution in [3.05, 3.63) is 0 Å². The summed E-state index contributed by atoms with van der Waals surface area (Å²) in [6.07, 6.45) is 3.02. The summed E-state index contributed by atoms with van der Waals surface area (Å²) in [5, 5.41) is 6.56. The molecule has 0 radical (unpaired) electrons. The van der Waals surface area contributed by atoms with Crippen molar-refractivity contribution in [3.8, 4) is 0 Å². The van der Waals surface area contributed by atoms with Crippen LogP contribution in [0.25, 0.3) is 0 Å². The van der Waals surface area contributed by atoms with E-state index in [1.807, 2.05) is 0 Å². The lowest BCUT2D eigenvalue weighted by Gasteiger charge is -2.27. The first-order valence-corrected chi connectivity index (χ1v) is 5.76. The molecule has 3 nitrogen and oxygen atoms in total. The maximum Gasteiger partial charge on any atom is 0.0357 e. The van der Waals surface area contributed by atoms with Crippen LogP contribution in [-0.4, -0.2) is 41.9 Å². The van der Waals surface area contributed by atoms with E-state index in [2.05, 4.69) is 10.6 Å². The highest BCUT2D eigenvalue weighted by Crippen LogP contribution is 1.98. The second-order valence-electron chi connectivity index (χ2n) is 2.92. The van der Waals surface area contributed by atoms with Crippen LogP contribution in [0.3, 0.4) is 0 Å². The fraction of sp³-hybridized carbons (Fsp3) is 1.00. The summed E-state index contributed by atoms with van der Waals surface area (Å²) < 4.78 is 10.6. The zero-order valence-corrected chi connectivity index (χ0v) is 7.75. The quantitative estimate of drug-likeness (QED) is 0.545. The Morgan fingerprint density at radius 2 is 2.45 bits per heavy atom. The van der Waals surface area contributed by atoms with Gasteiger partial charge in [0.05, 0.1) is 0 Å². The van der Waals surface area contributed by atoms with Gasteiger partial charge in [0.2, 0.25) is 0 Å². The van der Waals surface area contributed by atoms with Crippen LogP contribution in [-0.2, 0) is 10.8 Å². The fourth-order valence-electron chi connectivity index (χ4n) is 1.01. The van der Waals surface area contributed by atoms with Gasteiger partial charge in [-0.25, -0.2) is 0 Å². The summed E-state index contributed by atoms with van der Waals surface area (Å²) in [5.41, 5.74) is 0. The van der Waals surface area contributed by atoms with Gasteiger partial charge in [0.25, 0.3) is 0 Å². The first-order chi connectivity index (χ1) is 5.29. The number of hydrogen-bond acceptors (Lipinski definition) is 3. The number of nitrogens with one attached hydrogen (secondary N) is 2. The molecule has 1 heterocycles. The van der Waals surface area contributed by atoms with E-state index in [-0.39, 0.29) is 0 Å². The second-order valence-corrected chi connectivity index (χ2v) is 4.48. The summed E-state index contributed by atoms with van der Waals surface area (Å²) in [5.74, 6) is 0.771. The minimum atomic E-state index is -0.647. The molecule has 1 aliphatic rings. The first kappa shape index (κ1) is 9.16. The Kier molecular flexibility index (Phi) is 4.04. The topological polar surface area (TPSA) is 41.1 Å². The lowest BCUT2D eigenvalue weighted by atomic mass is 10.1. The summed E-state index contributed by atoms with van der Waals surface area (Å²) in [6.45, 7) is 3.06. The molecule has 0 spiro atoms. The molecule has 0 aromatic heterocycles. The van der Waals surface area contributed by atoms with Gasteiger partial charge in [-0.3, -0.25) is 4.21 Å². The van der Waals surface area contributed by atoms with Crippen molar-refractivity contribution in [3.63, 3.8) is 0 Å². The molecule has 0 aromatic carbocycles. The van der Waals surface area contributed by atoms with Crippen molar-refractivity contribution in [1.29, 1.82) is 0 Å². The first-order valence-electron chi connectivity index (χ1n) is 4.03. The third-order valence-electron chi connectivity index (χ3n) is 1.88. The summed E-state index contributed by atoms with van der Waals surface area (Å²) in [4.78, 5) is 0. The third-order valence-corrected chi connectivity index (χ3v) is 2.66. The van der Waals surface area contributed by atoms with Crippen molar-refractivity contribution < 1.29 is 4.21 Å². The van der Waals surface area contributed by atoms with Gasteiger partial charge in [0, 0.05) is 41.9 Å². The Balaban J connectivity index is 1.83. The van der Waals surface area contributed by atoms with Gasteiger partial charge >= 0.3 is 0 Å². The molecule has 66 valence electrons. The van der Waals surface area contributed by atoms with Crippen molar-refractivity contribution in [2.24, 2.45) is 0 Å². The maximum absolute atomic E-state index is 10.6. The van der Waals surface area contributed by atoms with E-state index in [0.29, 0.717) is 6.04 Å². The van der Waals surface area contributed by atoms with Crippen molar-refractivity contribution in [2.45, 2.75) is 12.5 Å². The largest absolute Gasteiger partial charge is 0.314 e. The highest BCUT2D eigenvalue weighted by Gasteiger charge is 2.14. The summed E-state index contributed by atoms with van der Waals surface area (Å²) in [6, 6.07) is 0.667. The van der Waals surface area contributed by atoms with E-state index in [0.717, 1.165) is 25.4 Å². The van der Waals surface area contributed by atoms with Crippen molar-refractivity contribution in [2.75, 3.05) is 31.6 Å². The van der Waals surface area contributed by atoms with E-state index < -0.39 is 10.8 Å². The lowest BCUT2D eigenvalue weighted by molar-refractivity contribution is 0.357. The highest BCUT2D eigenvalue weighted by atomic mass is 32.2. The van der Waals surface area contributed by atoms with Crippen molar-refractivity contribution in [1.82, 2.24) is 10.6 Å². The van der Waals surface area contributed by atoms with Crippen LogP contribution in [0.2, 0.25) is 0 Å². The average molecular weight is 176 g/mol. The number of rotatable bonds is 5. The van der Waals surface area contributed by atoms with E-state index in [9.17, 15) is 4.21 Å². The van der Waals surface area contributed by atoms with Gasteiger partial charge in [0.15, 0.2) is 0 Å². The molecular weight excluding hydrogens is 160 g/mol. The smallest absolute Gasteiger partial charge is 0.0357 e. The monoisotopic (exact) mass is 176 g/mol. The van der Waals surface area contributed by atoms with Crippen LogP contribution in [0.15, 0.2) is 0 Å². The van der Waals surface area contributed by atoms with Crippen LogP contribution in [0, 0.1) is 0 Å². The van der Waals surface area contributed by atoms with E-state index in [1.54, 1.807) is 6.26 Å². The van der Waals surface area contributed by atoms with Crippen molar-refractivity contribution >= 4 is 10.8 Å². The highest BCUT2D eigenvalue weighted by molar-refractivity contribution is 7.84. The second kappa shape index (κ2) is 4.85. The molecule has 2 atom stereocenters. The molecule has 1 saturated heterocycles. The van der Waals surface area contributed by atoms with Crippen LogP contribution >= 0.6 is 0 Å². The van der Waals surface area contributed by atoms with Gasteiger partial charge in [-0.15, -0.1) is 0 Å². The Morgan fingerprint density at radius 3 is 2.91 bits per heavy atom. The minimum Gasteiger partial charge on any atom is -0.314 e. The maximum atomic E-state index is 10.6. The standard InChI is InChI=1S/C7H16N2OS/c1-11(10)5-4-8-6-7-2-3-9-7/h7-9H,2-6H2,1H3. The molecule has 1 fully saturated rings. The van der Waals surface area contributed by atoms with Gasteiger partial charge in [0.1, 0.15) is 0 Å². The van der Waals surface area contributed by atoms with E-state index in [1.165, 1.54) is 6.42 Å². The zero-order chi connectivity index (χ0) is 8.10. The SMILES string of the molecule is CS(=O)CCNCC1CCN1. The van der Waals surface area contributed by atoms with E-state index in [4.69, 9.17) is 0 Å². The number of hydrogen-bond donors (Lipinski definition) is 2. The van der Waals surface area contributed by atoms with Gasteiger partial charge < -0.3 is 10.6 Å². The predicted octanol–water partition coefficient (Wildman–Crippen LogP) is -0.684. The molecule has 0 bridgehead atoms. The summed E-state index contributed by atoms with van der Waals surface area (Å²) in [7, 11) is -0.647. The Morgan fingerprint density at radius 1 is 1.73 bits per heavy atom. The molecular formula is C7H16N2OS. The Bertz CT molecular complexity index is 136. The van der Waals surface area contributed by atoms with Crippen LogP contribution < -0.4 is 10.6 Å². The molecule has 0 saturated carbocycles. The Hall–Kier alpha value is 0.0700. The molecule has 0 aromatic rings. The van der Waals surface area contributed by atoms with Gasteiger partial charge in [-0.1, -0.05) is 0 Å². The van der Waals surface area contributed by atoms with Crippen LogP contribution in [0.1, 0.15) is 6.42 Å². The van der Waals surface area contributed by atoms with Gasteiger partial charge in [-0.05, 0) is 13.0 Å². The van der Waals surface area contributed by atoms with E-state index >= 15 is 0 Å². The average Bonchev–Trinajstić information content (AvgIpc) is 1.82. The lowest BCUT2D eigenvalue weighted by Crippen LogP contribution is -2.49. The summed E-state index contributed by atoms with van der Waals surface area (Å²) >= 11 is 0. The molecule has 0 aliphatic carbocycles. The normalized spacial score (nSPS) is 26.1. The zero-order valence-electron chi connectivity index (χ0n) is 6.93. The molecule has 0 amide bonds. The predicted molar refractivity (Wildman–Crippen MR) is 48.2 cm³/mol. The Labute approximate surface area is 70.4 Å².